The number of hydrogen-bond acceptors (Lipinski definition) is 4. The fourth-order valence-corrected chi connectivity index (χ4v) is 3.00. The highest BCUT2D eigenvalue weighted by molar-refractivity contribution is 7.80. The average molecular weight is 380 g/mol. The SMILES string of the molecule is CCc1ccc(O)c(NC(=S)NC(=O)c2cc3ccccc3cc2OC)c1. The van der Waals surface area contributed by atoms with Gasteiger partial charge in [0.05, 0.1) is 18.4 Å². The van der Waals surface area contributed by atoms with E-state index in [1.165, 1.54) is 7.11 Å². The molecule has 27 heavy (non-hydrogen) atoms. The van der Waals surface area contributed by atoms with Gasteiger partial charge in [0, 0.05) is 0 Å². The number of thiocarbonyl (C=S) groups is 1. The minimum atomic E-state index is -0.388. The second-order valence-electron chi connectivity index (χ2n) is 6.01. The van der Waals surface area contributed by atoms with Gasteiger partial charge in [0.1, 0.15) is 11.5 Å². The number of hydrogen-bond donors (Lipinski definition) is 3. The van der Waals surface area contributed by atoms with E-state index in [0.717, 1.165) is 22.8 Å². The maximum Gasteiger partial charge on any atom is 0.261 e. The van der Waals surface area contributed by atoms with Gasteiger partial charge in [-0.25, -0.2) is 0 Å². The fourth-order valence-electron chi connectivity index (χ4n) is 2.79. The lowest BCUT2D eigenvalue weighted by molar-refractivity contribution is 0.0975. The van der Waals surface area contributed by atoms with Crippen molar-refractivity contribution in [1.82, 2.24) is 5.32 Å². The van der Waals surface area contributed by atoms with E-state index < -0.39 is 0 Å². The van der Waals surface area contributed by atoms with Crippen molar-refractivity contribution in [2.24, 2.45) is 0 Å². The average Bonchev–Trinajstić information content (AvgIpc) is 2.68. The molecule has 0 saturated heterocycles. The zero-order chi connectivity index (χ0) is 19.4. The molecule has 0 aliphatic carbocycles. The van der Waals surface area contributed by atoms with Crippen LogP contribution >= 0.6 is 12.2 Å². The first-order valence-corrected chi connectivity index (χ1v) is 8.93. The van der Waals surface area contributed by atoms with E-state index in [2.05, 4.69) is 10.6 Å². The molecule has 0 aliphatic rings. The molecule has 3 aromatic rings. The largest absolute Gasteiger partial charge is 0.506 e. The van der Waals surface area contributed by atoms with Gasteiger partial charge in [0.25, 0.3) is 5.91 Å². The molecule has 0 fully saturated rings. The van der Waals surface area contributed by atoms with Crippen LogP contribution in [0.2, 0.25) is 0 Å². The molecular formula is C21H20N2O3S. The fraction of sp³-hybridized carbons (Fsp3) is 0.143. The molecule has 0 saturated carbocycles. The molecule has 1 amide bonds. The number of nitrogens with one attached hydrogen (secondary N) is 2. The third kappa shape index (κ3) is 4.17. The summed E-state index contributed by atoms with van der Waals surface area (Å²) in [6.45, 7) is 2.02. The normalized spacial score (nSPS) is 10.4. The van der Waals surface area contributed by atoms with Crippen LogP contribution in [0.3, 0.4) is 0 Å². The lowest BCUT2D eigenvalue weighted by atomic mass is 10.1. The number of phenolic OH excluding ortho intramolecular Hbond substituents is 1. The molecule has 0 unspecified atom stereocenters. The van der Waals surface area contributed by atoms with Gasteiger partial charge in [-0.2, -0.15) is 0 Å². The van der Waals surface area contributed by atoms with Crippen LogP contribution in [0.4, 0.5) is 5.69 Å². The van der Waals surface area contributed by atoms with Crippen molar-refractivity contribution in [3.63, 3.8) is 0 Å². The zero-order valence-corrected chi connectivity index (χ0v) is 15.9. The predicted octanol–water partition coefficient (Wildman–Crippen LogP) is 4.24. The van der Waals surface area contributed by atoms with Crippen LogP contribution in [-0.2, 0) is 6.42 Å². The standard InChI is InChI=1S/C21H20N2O3S/c1-3-13-8-9-18(24)17(10-13)22-21(27)23-20(25)16-11-14-6-4-5-7-15(14)12-19(16)26-2/h4-12,24H,3H2,1-2H3,(H2,22,23,25,27). The van der Waals surface area contributed by atoms with E-state index in [1.54, 1.807) is 18.2 Å². The molecule has 5 nitrogen and oxygen atoms in total. The molecular weight excluding hydrogens is 360 g/mol. The van der Waals surface area contributed by atoms with Gasteiger partial charge in [-0.3, -0.25) is 10.1 Å². The topological polar surface area (TPSA) is 70.6 Å². The van der Waals surface area contributed by atoms with Gasteiger partial charge < -0.3 is 15.2 Å². The van der Waals surface area contributed by atoms with E-state index in [0.29, 0.717) is 17.0 Å². The summed E-state index contributed by atoms with van der Waals surface area (Å²) in [6, 6.07) is 16.5. The number of aromatic hydroxyl groups is 1. The molecule has 3 N–H and O–H groups in total. The summed E-state index contributed by atoms with van der Waals surface area (Å²) in [4.78, 5) is 12.7. The van der Waals surface area contributed by atoms with E-state index in [-0.39, 0.29) is 16.8 Å². The van der Waals surface area contributed by atoms with E-state index in [4.69, 9.17) is 17.0 Å². The minimum absolute atomic E-state index is 0.0621. The number of ether oxygens (including phenoxy) is 1. The molecule has 6 heteroatoms. The van der Waals surface area contributed by atoms with Crippen LogP contribution in [0.1, 0.15) is 22.8 Å². The molecule has 0 aromatic heterocycles. The number of methoxy groups -OCH3 is 1. The Bertz CT molecular complexity index is 1020. The summed E-state index contributed by atoms with van der Waals surface area (Å²) in [5.41, 5.74) is 1.87. The maximum atomic E-state index is 12.7. The third-order valence-electron chi connectivity index (χ3n) is 4.26. The first-order chi connectivity index (χ1) is 13.0. The van der Waals surface area contributed by atoms with Crippen LogP contribution in [0.25, 0.3) is 10.8 Å². The van der Waals surface area contributed by atoms with Crippen molar-refractivity contribution in [3.8, 4) is 11.5 Å². The highest BCUT2D eigenvalue weighted by Crippen LogP contribution is 2.27. The minimum Gasteiger partial charge on any atom is -0.506 e. The second kappa shape index (κ2) is 8.05. The van der Waals surface area contributed by atoms with E-state index >= 15 is 0 Å². The lowest BCUT2D eigenvalue weighted by Gasteiger charge is -2.14. The summed E-state index contributed by atoms with van der Waals surface area (Å²) >= 11 is 5.23. The first kappa shape index (κ1) is 18.7. The zero-order valence-electron chi connectivity index (χ0n) is 15.1. The van der Waals surface area contributed by atoms with Gasteiger partial charge in [0.15, 0.2) is 5.11 Å². The third-order valence-corrected chi connectivity index (χ3v) is 4.46. The number of anilines is 1. The Morgan fingerprint density at radius 2 is 1.81 bits per heavy atom. The first-order valence-electron chi connectivity index (χ1n) is 8.52. The quantitative estimate of drug-likeness (QED) is 0.466. The smallest absolute Gasteiger partial charge is 0.261 e. The summed E-state index contributed by atoms with van der Waals surface area (Å²) in [5, 5.41) is 17.5. The molecule has 138 valence electrons. The van der Waals surface area contributed by atoms with Crippen LogP contribution in [0, 0.1) is 0 Å². The number of benzene rings is 3. The maximum absolute atomic E-state index is 12.7. The van der Waals surface area contributed by atoms with E-state index in [1.807, 2.05) is 43.3 Å². The van der Waals surface area contributed by atoms with Gasteiger partial charge in [-0.15, -0.1) is 0 Å². The van der Waals surface area contributed by atoms with Gasteiger partial charge in [0.2, 0.25) is 0 Å². The Morgan fingerprint density at radius 3 is 2.48 bits per heavy atom. The number of amides is 1. The highest BCUT2D eigenvalue weighted by atomic mass is 32.1. The second-order valence-corrected chi connectivity index (χ2v) is 6.42. The summed E-state index contributed by atoms with van der Waals surface area (Å²) in [6.07, 6.45) is 0.822. The van der Waals surface area contributed by atoms with Crippen molar-refractivity contribution in [2.45, 2.75) is 13.3 Å². The number of aryl methyl sites for hydroxylation is 1. The molecule has 0 bridgehead atoms. The Labute approximate surface area is 163 Å². The molecule has 0 aliphatic heterocycles. The van der Waals surface area contributed by atoms with Crippen molar-refractivity contribution in [2.75, 3.05) is 12.4 Å². The van der Waals surface area contributed by atoms with Crippen LogP contribution in [0.5, 0.6) is 11.5 Å². The molecule has 3 rings (SSSR count). The lowest BCUT2D eigenvalue weighted by Crippen LogP contribution is -2.34. The Hall–Kier alpha value is -3.12. The van der Waals surface area contributed by atoms with Crippen molar-refractivity contribution < 1.29 is 14.6 Å². The van der Waals surface area contributed by atoms with Crippen molar-refractivity contribution >= 4 is 39.7 Å². The summed E-state index contributed by atoms with van der Waals surface area (Å²) < 4.78 is 5.36. The Balaban J connectivity index is 1.81. The van der Waals surface area contributed by atoms with Crippen LogP contribution in [-0.4, -0.2) is 23.2 Å². The van der Waals surface area contributed by atoms with Gasteiger partial charge >= 0.3 is 0 Å². The Kier molecular flexibility index (Phi) is 5.57. The number of carbonyl (C=O) groups excluding carboxylic acids is 1. The Morgan fingerprint density at radius 1 is 1.11 bits per heavy atom. The number of carbonyl (C=O) groups is 1. The number of fused-ring (bicyclic) bond motifs is 1. The van der Waals surface area contributed by atoms with Crippen molar-refractivity contribution in [1.29, 1.82) is 0 Å². The predicted molar refractivity (Wildman–Crippen MR) is 112 cm³/mol. The molecule has 3 aromatic carbocycles. The van der Waals surface area contributed by atoms with Crippen LogP contribution in [0.15, 0.2) is 54.6 Å². The van der Waals surface area contributed by atoms with Gasteiger partial charge in [-0.05, 0) is 59.2 Å². The number of phenols is 1. The monoisotopic (exact) mass is 380 g/mol. The number of rotatable bonds is 4. The molecule has 0 radical (unpaired) electrons. The molecule has 0 heterocycles. The van der Waals surface area contributed by atoms with Crippen LogP contribution < -0.4 is 15.4 Å². The van der Waals surface area contributed by atoms with E-state index in [9.17, 15) is 9.90 Å². The van der Waals surface area contributed by atoms with Gasteiger partial charge in [-0.1, -0.05) is 37.3 Å². The van der Waals surface area contributed by atoms with Crippen molar-refractivity contribution in [3.05, 3.63) is 65.7 Å². The summed E-state index contributed by atoms with van der Waals surface area (Å²) in [5.74, 6) is 0.137. The summed E-state index contributed by atoms with van der Waals surface area (Å²) in [7, 11) is 1.52. The highest BCUT2D eigenvalue weighted by Gasteiger charge is 2.15. The molecule has 0 spiro atoms. The molecule has 0 atom stereocenters.